The van der Waals surface area contributed by atoms with Crippen molar-refractivity contribution in [3.8, 4) is 0 Å². The molecule has 0 aliphatic heterocycles. The molecule has 1 fully saturated rings. The van der Waals surface area contributed by atoms with Gasteiger partial charge in [-0.25, -0.2) is 4.39 Å². The van der Waals surface area contributed by atoms with Crippen LogP contribution in [0.15, 0.2) is 0 Å². The molecule has 1 rings (SSSR count). The van der Waals surface area contributed by atoms with Gasteiger partial charge in [-0.05, 0) is 12.8 Å². The summed E-state index contributed by atoms with van der Waals surface area (Å²) in [5.41, 5.74) is 0. The molecule has 0 spiro atoms. The fraction of sp³-hybridized carbons (Fsp3) is 1.00. The molecule has 1 aliphatic rings. The molecule has 0 atom stereocenters. The molecule has 0 heterocycles. The Labute approximate surface area is 50.1 Å². The van der Waals surface area contributed by atoms with Crippen molar-refractivity contribution in [2.75, 3.05) is 0 Å². The summed E-state index contributed by atoms with van der Waals surface area (Å²) in [4.78, 5) is 0. The molecule has 0 bridgehead atoms. The van der Waals surface area contributed by atoms with Crippen molar-refractivity contribution in [1.29, 1.82) is 0 Å². The van der Waals surface area contributed by atoms with Crippen molar-refractivity contribution in [2.45, 2.75) is 44.7 Å². The zero-order chi connectivity index (χ0) is 5.82. The smallest absolute Gasteiger partial charge is 0.100 e. The molecule has 0 N–H and O–H groups in total. The van der Waals surface area contributed by atoms with Crippen LogP contribution in [0.3, 0.4) is 0 Å². The first-order valence-electron chi connectivity index (χ1n) is 3.53. The van der Waals surface area contributed by atoms with Crippen LogP contribution in [0.4, 0.5) is 4.39 Å². The van der Waals surface area contributed by atoms with Crippen LogP contribution in [0, 0.1) is 0 Å². The van der Waals surface area contributed by atoms with Crippen molar-refractivity contribution in [2.24, 2.45) is 0 Å². The van der Waals surface area contributed by atoms with Gasteiger partial charge in [0.2, 0.25) is 0 Å². The Morgan fingerprint density at radius 1 is 0.875 bits per heavy atom. The second-order valence-corrected chi connectivity index (χ2v) is 2.59. The van der Waals surface area contributed by atoms with E-state index < -0.39 is 6.17 Å². The summed E-state index contributed by atoms with van der Waals surface area (Å²) in [6.07, 6.45) is 5.89. The van der Waals surface area contributed by atoms with E-state index >= 15 is 0 Å². The Morgan fingerprint density at radius 2 is 1.38 bits per heavy atom. The third kappa shape index (κ3) is 1.81. The molecule has 0 unspecified atom stereocenters. The Hall–Kier alpha value is -0.0700. The van der Waals surface area contributed by atoms with E-state index in [1.165, 1.54) is 12.8 Å². The van der Waals surface area contributed by atoms with E-state index in [1.54, 1.807) is 0 Å². The van der Waals surface area contributed by atoms with Gasteiger partial charge >= 0.3 is 0 Å². The summed E-state index contributed by atoms with van der Waals surface area (Å²) in [5.74, 6) is 0. The lowest BCUT2D eigenvalue weighted by molar-refractivity contribution is 0.301. The highest BCUT2D eigenvalue weighted by Crippen LogP contribution is 2.18. The van der Waals surface area contributed by atoms with Crippen molar-refractivity contribution < 1.29 is 4.39 Å². The van der Waals surface area contributed by atoms with Gasteiger partial charge < -0.3 is 0 Å². The normalized spacial score (nSPS) is 25.1. The summed E-state index contributed by atoms with van der Waals surface area (Å²) in [6.45, 7) is 0. The Balaban J connectivity index is 2.17. The number of hydrogen-bond acceptors (Lipinski definition) is 0. The van der Waals surface area contributed by atoms with Crippen LogP contribution in [-0.2, 0) is 0 Å². The van der Waals surface area contributed by atoms with Crippen LogP contribution in [0.5, 0.6) is 0 Å². The molecule has 0 aromatic rings. The molecular weight excluding hydrogens is 103 g/mol. The molecule has 0 amide bonds. The summed E-state index contributed by atoms with van der Waals surface area (Å²) in [7, 11) is 0. The minimum atomic E-state index is -0.475. The van der Waals surface area contributed by atoms with E-state index in [1.807, 2.05) is 0 Å². The van der Waals surface area contributed by atoms with Crippen molar-refractivity contribution in [3.05, 3.63) is 0 Å². The maximum atomic E-state index is 12.4. The van der Waals surface area contributed by atoms with Crippen molar-refractivity contribution >= 4 is 0 Å². The van der Waals surface area contributed by atoms with Gasteiger partial charge in [0.25, 0.3) is 0 Å². The minimum Gasteiger partial charge on any atom is -0.247 e. The van der Waals surface area contributed by atoms with Crippen molar-refractivity contribution in [3.63, 3.8) is 0 Å². The predicted molar refractivity (Wildman–Crippen MR) is 32.6 cm³/mol. The highest BCUT2D eigenvalue weighted by Gasteiger charge is 2.08. The monoisotopic (exact) mass is 116 g/mol. The van der Waals surface area contributed by atoms with Crippen LogP contribution in [0.25, 0.3) is 0 Å². The summed E-state index contributed by atoms with van der Waals surface area (Å²) >= 11 is 0. The standard InChI is InChI=1S/C7H13F/c8-7-5-3-1-2-4-6-7/h7H,1-6H2. The van der Waals surface area contributed by atoms with Gasteiger partial charge in [-0.2, -0.15) is 0 Å². The average molecular weight is 116 g/mol. The number of halogens is 1. The molecule has 1 heteroatoms. The topological polar surface area (TPSA) is 0 Å². The maximum Gasteiger partial charge on any atom is 0.100 e. The Bertz CT molecular complexity index is 53.4. The van der Waals surface area contributed by atoms with Crippen LogP contribution < -0.4 is 0 Å². The van der Waals surface area contributed by atoms with Gasteiger partial charge in [-0.3, -0.25) is 0 Å². The lowest BCUT2D eigenvalue weighted by Gasteiger charge is -1.98. The quantitative estimate of drug-likeness (QED) is 0.427. The van der Waals surface area contributed by atoms with Gasteiger partial charge in [0.1, 0.15) is 6.17 Å². The summed E-state index contributed by atoms with van der Waals surface area (Å²) in [5, 5.41) is 0. The maximum absolute atomic E-state index is 12.4. The van der Waals surface area contributed by atoms with Gasteiger partial charge in [0, 0.05) is 0 Å². The second-order valence-electron chi connectivity index (χ2n) is 2.59. The van der Waals surface area contributed by atoms with Crippen LogP contribution in [0.2, 0.25) is 0 Å². The molecule has 0 saturated heterocycles. The molecule has 0 radical (unpaired) electrons. The zero-order valence-electron chi connectivity index (χ0n) is 5.20. The highest BCUT2D eigenvalue weighted by atomic mass is 19.1. The first-order chi connectivity index (χ1) is 3.89. The number of rotatable bonds is 0. The molecule has 0 nitrogen and oxygen atoms in total. The van der Waals surface area contributed by atoms with E-state index in [9.17, 15) is 4.39 Å². The predicted octanol–water partition coefficient (Wildman–Crippen LogP) is 2.68. The summed E-state index contributed by atoms with van der Waals surface area (Å²) in [6, 6.07) is 0. The van der Waals surface area contributed by atoms with Crippen molar-refractivity contribution in [1.82, 2.24) is 0 Å². The SMILES string of the molecule is FC1CCCCCC1. The molecule has 1 aliphatic carbocycles. The number of hydrogen-bond donors (Lipinski definition) is 0. The largest absolute Gasteiger partial charge is 0.247 e. The first kappa shape index (κ1) is 6.06. The zero-order valence-corrected chi connectivity index (χ0v) is 5.20. The van der Waals surface area contributed by atoms with E-state index in [4.69, 9.17) is 0 Å². The average Bonchev–Trinajstić information content (AvgIpc) is 1.94. The fourth-order valence-corrected chi connectivity index (χ4v) is 1.23. The third-order valence-corrected chi connectivity index (χ3v) is 1.78. The Kier molecular flexibility index (Phi) is 2.31. The van der Waals surface area contributed by atoms with Gasteiger partial charge in [-0.15, -0.1) is 0 Å². The van der Waals surface area contributed by atoms with Crippen LogP contribution in [0.1, 0.15) is 38.5 Å². The van der Waals surface area contributed by atoms with Crippen LogP contribution >= 0.6 is 0 Å². The second kappa shape index (κ2) is 3.06. The molecule has 0 aromatic carbocycles. The molecule has 48 valence electrons. The molecule has 1 saturated carbocycles. The summed E-state index contributed by atoms with van der Waals surface area (Å²) < 4.78 is 12.4. The molecule has 8 heavy (non-hydrogen) atoms. The van der Waals surface area contributed by atoms with Gasteiger partial charge in [-0.1, -0.05) is 25.7 Å². The first-order valence-corrected chi connectivity index (χ1v) is 3.53. The lowest BCUT2D eigenvalue weighted by Crippen LogP contribution is -1.94. The number of alkyl halides is 1. The van der Waals surface area contributed by atoms with E-state index in [0.717, 1.165) is 25.7 Å². The minimum absolute atomic E-state index is 0.475. The van der Waals surface area contributed by atoms with E-state index in [2.05, 4.69) is 0 Å². The Morgan fingerprint density at radius 3 is 1.88 bits per heavy atom. The van der Waals surface area contributed by atoms with E-state index in [-0.39, 0.29) is 0 Å². The van der Waals surface area contributed by atoms with Gasteiger partial charge in [0.05, 0.1) is 0 Å². The van der Waals surface area contributed by atoms with Gasteiger partial charge in [0.15, 0.2) is 0 Å². The van der Waals surface area contributed by atoms with E-state index in [0.29, 0.717) is 0 Å². The molecule has 0 aromatic heterocycles. The fourth-order valence-electron chi connectivity index (χ4n) is 1.23. The third-order valence-electron chi connectivity index (χ3n) is 1.78. The lowest BCUT2D eigenvalue weighted by atomic mass is 10.2. The van der Waals surface area contributed by atoms with Crippen LogP contribution in [-0.4, -0.2) is 6.17 Å². The molecular formula is C7H13F. The highest BCUT2D eigenvalue weighted by molar-refractivity contribution is 4.61.